The van der Waals surface area contributed by atoms with Crippen molar-refractivity contribution in [3.63, 3.8) is 0 Å². The maximum atomic E-state index is 12.6. The molecule has 2 aliphatic rings. The van der Waals surface area contributed by atoms with Crippen molar-refractivity contribution in [3.8, 4) is 0 Å². The van der Waals surface area contributed by atoms with Crippen molar-refractivity contribution in [1.29, 1.82) is 0 Å². The predicted octanol–water partition coefficient (Wildman–Crippen LogP) is 0.249. The molecule has 3 N–H and O–H groups in total. The van der Waals surface area contributed by atoms with E-state index in [4.69, 9.17) is 0 Å². The summed E-state index contributed by atoms with van der Waals surface area (Å²) in [6, 6.07) is 4.74. The third-order valence-electron chi connectivity index (χ3n) is 4.41. The summed E-state index contributed by atoms with van der Waals surface area (Å²) in [5, 5.41) is 5.99. The van der Waals surface area contributed by atoms with Gasteiger partial charge in [0.1, 0.15) is 0 Å². The van der Waals surface area contributed by atoms with Gasteiger partial charge in [-0.15, -0.1) is 0 Å². The van der Waals surface area contributed by atoms with Crippen molar-refractivity contribution in [2.75, 3.05) is 19.6 Å². The van der Waals surface area contributed by atoms with E-state index < -0.39 is 10.0 Å². The number of carbonyl (C=O) groups is 1. The van der Waals surface area contributed by atoms with Crippen molar-refractivity contribution in [2.45, 2.75) is 30.7 Å². The highest BCUT2D eigenvalue weighted by Crippen LogP contribution is 2.21. The van der Waals surface area contributed by atoms with E-state index >= 15 is 0 Å². The first-order valence-electron chi connectivity index (χ1n) is 7.61. The van der Waals surface area contributed by atoms with E-state index in [0.717, 1.165) is 31.5 Å². The van der Waals surface area contributed by atoms with Gasteiger partial charge < -0.3 is 10.6 Å². The fraction of sp³-hybridized carbons (Fsp3) is 0.533. The molecule has 1 saturated heterocycles. The summed E-state index contributed by atoms with van der Waals surface area (Å²) >= 11 is 0. The first-order valence-corrected chi connectivity index (χ1v) is 9.10. The third-order valence-corrected chi connectivity index (χ3v) is 5.90. The number of carbonyl (C=O) groups excluding carboxylic acids is 1. The molecule has 7 heteroatoms. The summed E-state index contributed by atoms with van der Waals surface area (Å²) in [4.78, 5) is 12.0. The number of amides is 1. The van der Waals surface area contributed by atoms with Crippen molar-refractivity contribution in [1.82, 2.24) is 15.4 Å². The van der Waals surface area contributed by atoms with Gasteiger partial charge in [0.2, 0.25) is 10.0 Å². The zero-order chi connectivity index (χ0) is 15.7. The molecule has 2 aliphatic heterocycles. The maximum Gasteiger partial charge on any atom is 0.251 e. The van der Waals surface area contributed by atoms with Crippen molar-refractivity contribution >= 4 is 15.9 Å². The molecular weight excluding hydrogens is 302 g/mol. The molecule has 2 heterocycles. The smallest absolute Gasteiger partial charge is 0.251 e. The minimum absolute atomic E-state index is 0.0730. The van der Waals surface area contributed by atoms with E-state index in [1.165, 1.54) is 6.07 Å². The minimum atomic E-state index is -3.61. The number of benzene rings is 1. The number of sulfonamides is 1. The number of fused-ring (bicyclic) bond motifs is 1. The summed E-state index contributed by atoms with van der Waals surface area (Å²) in [5.41, 5.74) is 1.37. The van der Waals surface area contributed by atoms with Gasteiger partial charge >= 0.3 is 0 Å². The Hall–Kier alpha value is -1.44. The fourth-order valence-electron chi connectivity index (χ4n) is 3.01. The van der Waals surface area contributed by atoms with Gasteiger partial charge in [-0.25, -0.2) is 13.1 Å². The Balaban J connectivity index is 1.86. The lowest BCUT2D eigenvalue weighted by molar-refractivity contribution is 0.0945. The van der Waals surface area contributed by atoms with E-state index in [9.17, 15) is 13.2 Å². The van der Waals surface area contributed by atoms with Crippen LogP contribution in [0.5, 0.6) is 0 Å². The third kappa shape index (κ3) is 3.02. The molecule has 1 amide bonds. The first kappa shape index (κ1) is 15.5. The van der Waals surface area contributed by atoms with Crippen LogP contribution in [0, 0.1) is 5.92 Å². The Morgan fingerprint density at radius 2 is 2.09 bits per heavy atom. The number of piperidine rings is 1. The molecule has 2 unspecified atom stereocenters. The summed E-state index contributed by atoms with van der Waals surface area (Å²) in [6.45, 7) is 4.24. The monoisotopic (exact) mass is 323 g/mol. The Bertz CT molecular complexity index is 687. The van der Waals surface area contributed by atoms with Gasteiger partial charge in [-0.2, -0.15) is 0 Å². The molecule has 0 saturated carbocycles. The van der Waals surface area contributed by atoms with Crippen LogP contribution in [0.4, 0.5) is 0 Å². The van der Waals surface area contributed by atoms with Crippen LogP contribution in [0.2, 0.25) is 0 Å². The highest BCUT2D eigenvalue weighted by Gasteiger charge is 2.28. The molecule has 6 nitrogen and oxygen atoms in total. The van der Waals surface area contributed by atoms with E-state index in [0.29, 0.717) is 12.1 Å². The fourth-order valence-corrected chi connectivity index (χ4v) is 4.42. The lowest BCUT2D eigenvalue weighted by Gasteiger charge is -2.30. The highest BCUT2D eigenvalue weighted by molar-refractivity contribution is 7.89. The van der Waals surface area contributed by atoms with Crippen LogP contribution in [-0.2, 0) is 16.4 Å². The Labute approximate surface area is 130 Å². The largest absolute Gasteiger partial charge is 0.352 e. The SMILES string of the molecule is CC1CNCCC1NS(=O)(=O)c1ccc2c(c1)C(=O)NCC2. The topological polar surface area (TPSA) is 87.3 Å². The summed E-state index contributed by atoms with van der Waals surface area (Å²) in [7, 11) is -3.61. The Kier molecular flexibility index (Phi) is 4.20. The van der Waals surface area contributed by atoms with Crippen LogP contribution in [-0.4, -0.2) is 40.0 Å². The molecule has 1 aromatic carbocycles. The Morgan fingerprint density at radius 1 is 1.27 bits per heavy atom. The van der Waals surface area contributed by atoms with Gasteiger partial charge in [0.25, 0.3) is 5.91 Å². The lowest BCUT2D eigenvalue weighted by atomic mass is 9.97. The van der Waals surface area contributed by atoms with Crippen LogP contribution >= 0.6 is 0 Å². The molecule has 0 spiro atoms. The number of nitrogens with one attached hydrogen (secondary N) is 3. The van der Waals surface area contributed by atoms with Crippen molar-refractivity contribution in [3.05, 3.63) is 29.3 Å². The molecule has 120 valence electrons. The van der Waals surface area contributed by atoms with Crippen LogP contribution in [0.25, 0.3) is 0 Å². The van der Waals surface area contributed by atoms with Gasteiger partial charge in [-0.3, -0.25) is 4.79 Å². The molecular formula is C15H21N3O3S. The number of rotatable bonds is 3. The number of hydrogen-bond donors (Lipinski definition) is 3. The molecule has 2 atom stereocenters. The van der Waals surface area contributed by atoms with Gasteiger partial charge in [-0.05, 0) is 49.5 Å². The van der Waals surface area contributed by atoms with Gasteiger partial charge in [0, 0.05) is 18.2 Å². The summed E-state index contributed by atoms with van der Waals surface area (Å²) in [6.07, 6.45) is 1.51. The summed E-state index contributed by atoms with van der Waals surface area (Å²) in [5.74, 6) is 0.0398. The van der Waals surface area contributed by atoms with Gasteiger partial charge in [0.05, 0.1) is 4.90 Å². The molecule has 1 fully saturated rings. The molecule has 0 aliphatic carbocycles. The van der Waals surface area contributed by atoms with E-state index in [2.05, 4.69) is 15.4 Å². The zero-order valence-corrected chi connectivity index (χ0v) is 13.4. The molecule has 22 heavy (non-hydrogen) atoms. The predicted molar refractivity (Wildman–Crippen MR) is 83.2 cm³/mol. The van der Waals surface area contributed by atoms with Crippen molar-refractivity contribution in [2.24, 2.45) is 5.92 Å². The summed E-state index contributed by atoms with van der Waals surface area (Å²) < 4.78 is 27.9. The van der Waals surface area contributed by atoms with E-state index in [-0.39, 0.29) is 22.8 Å². The maximum absolute atomic E-state index is 12.6. The van der Waals surface area contributed by atoms with Gasteiger partial charge in [0.15, 0.2) is 0 Å². The van der Waals surface area contributed by atoms with Crippen LogP contribution < -0.4 is 15.4 Å². The second-order valence-corrected chi connectivity index (χ2v) is 7.74. The standard InChI is InChI=1S/C15H21N3O3S/c1-10-9-16-6-5-14(10)18-22(20,21)12-3-2-11-4-7-17-15(19)13(11)8-12/h2-3,8,10,14,16,18H,4-7,9H2,1H3,(H,17,19). The lowest BCUT2D eigenvalue weighted by Crippen LogP contribution is -2.48. The number of hydrogen-bond acceptors (Lipinski definition) is 4. The highest BCUT2D eigenvalue weighted by atomic mass is 32.2. The average molecular weight is 323 g/mol. The van der Waals surface area contributed by atoms with E-state index in [1.54, 1.807) is 12.1 Å². The quantitative estimate of drug-likeness (QED) is 0.744. The van der Waals surface area contributed by atoms with E-state index in [1.807, 2.05) is 6.92 Å². The zero-order valence-electron chi connectivity index (χ0n) is 12.6. The molecule has 3 rings (SSSR count). The average Bonchev–Trinajstić information content (AvgIpc) is 2.49. The minimum Gasteiger partial charge on any atom is -0.352 e. The molecule has 0 radical (unpaired) electrons. The first-order chi connectivity index (χ1) is 10.5. The molecule has 0 aromatic heterocycles. The second kappa shape index (κ2) is 5.98. The van der Waals surface area contributed by atoms with Crippen molar-refractivity contribution < 1.29 is 13.2 Å². The second-order valence-electron chi connectivity index (χ2n) is 6.02. The van der Waals surface area contributed by atoms with Crippen LogP contribution in [0.1, 0.15) is 29.3 Å². The van der Waals surface area contributed by atoms with Gasteiger partial charge in [-0.1, -0.05) is 13.0 Å². The molecule has 1 aromatic rings. The Morgan fingerprint density at radius 3 is 2.86 bits per heavy atom. The van der Waals surface area contributed by atoms with Crippen LogP contribution in [0.15, 0.2) is 23.1 Å². The molecule has 0 bridgehead atoms. The van der Waals surface area contributed by atoms with Crippen LogP contribution in [0.3, 0.4) is 0 Å². The normalized spacial score (nSPS) is 25.4.